The van der Waals surface area contributed by atoms with E-state index in [4.69, 9.17) is 4.74 Å². The van der Waals surface area contributed by atoms with Crippen LogP contribution in [0, 0.1) is 0 Å². The van der Waals surface area contributed by atoms with Crippen molar-refractivity contribution < 1.29 is 4.74 Å². The van der Waals surface area contributed by atoms with Gasteiger partial charge < -0.3 is 10.1 Å². The van der Waals surface area contributed by atoms with E-state index >= 15 is 0 Å². The Morgan fingerprint density at radius 2 is 2.00 bits per heavy atom. The van der Waals surface area contributed by atoms with Gasteiger partial charge in [0.05, 0.1) is 13.2 Å². The van der Waals surface area contributed by atoms with Gasteiger partial charge in [0.25, 0.3) is 0 Å². The molecule has 20 heavy (non-hydrogen) atoms. The number of nitrogens with one attached hydrogen (secondary N) is 1. The third-order valence-electron chi connectivity index (χ3n) is 3.07. The van der Waals surface area contributed by atoms with Gasteiger partial charge in [0.1, 0.15) is 15.8 Å². The SMILES string of the molecule is CCCNC(C)c1nnc(Cc2ccc(OC)cc2)s1. The molecule has 0 amide bonds. The monoisotopic (exact) mass is 291 g/mol. The molecule has 1 unspecified atom stereocenters. The zero-order valence-electron chi connectivity index (χ0n) is 12.2. The summed E-state index contributed by atoms with van der Waals surface area (Å²) in [6.45, 7) is 5.30. The first-order valence-corrected chi connectivity index (χ1v) is 7.73. The molecule has 4 nitrogen and oxygen atoms in total. The van der Waals surface area contributed by atoms with E-state index in [2.05, 4.69) is 41.5 Å². The Bertz CT molecular complexity index is 524. The van der Waals surface area contributed by atoms with E-state index in [-0.39, 0.29) is 6.04 Å². The third kappa shape index (κ3) is 4.02. The molecule has 1 atom stereocenters. The lowest BCUT2D eigenvalue weighted by Gasteiger charge is -2.08. The molecular weight excluding hydrogens is 270 g/mol. The summed E-state index contributed by atoms with van der Waals surface area (Å²) in [6, 6.07) is 8.36. The molecule has 1 N–H and O–H groups in total. The molecule has 0 fully saturated rings. The minimum Gasteiger partial charge on any atom is -0.497 e. The van der Waals surface area contributed by atoms with Gasteiger partial charge in [-0.2, -0.15) is 0 Å². The van der Waals surface area contributed by atoms with Crippen LogP contribution in [0.5, 0.6) is 5.75 Å². The van der Waals surface area contributed by atoms with Crippen molar-refractivity contribution in [3.8, 4) is 5.75 Å². The number of aromatic nitrogens is 2. The van der Waals surface area contributed by atoms with Crippen molar-refractivity contribution in [3.63, 3.8) is 0 Å². The van der Waals surface area contributed by atoms with Crippen LogP contribution in [0.4, 0.5) is 0 Å². The number of nitrogens with zero attached hydrogens (tertiary/aromatic N) is 2. The normalized spacial score (nSPS) is 12.3. The fourth-order valence-corrected chi connectivity index (χ4v) is 2.78. The molecule has 108 valence electrons. The predicted molar refractivity (Wildman–Crippen MR) is 82.4 cm³/mol. The minimum atomic E-state index is 0.275. The highest BCUT2D eigenvalue weighted by Gasteiger charge is 2.11. The Morgan fingerprint density at radius 1 is 1.25 bits per heavy atom. The smallest absolute Gasteiger partial charge is 0.134 e. The van der Waals surface area contributed by atoms with Crippen LogP contribution in [0.3, 0.4) is 0 Å². The van der Waals surface area contributed by atoms with Crippen molar-refractivity contribution in [1.82, 2.24) is 15.5 Å². The summed E-state index contributed by atoms with van der Waals surface area (Å²) in [5, 5.41) is 14.1. The van der Waals surface area contributed by atoms with Crippen molar-refractivity contribution in [2.45, 2.75) is 32.7 Å². The zero-order chi connectivity index (χ0) is 14.4. The highest BCUT2D eigenvalue weighted by Crippen LogP contribution is 2.21. The molecular formula is C15H21N3OS. The molecule has 0 aliphatic heterocycles. The van der Waals surface area contributed by atoms with Crippen LogP contribution < -0.4 is 10.1 Å². The van der Waals surface area contributed by atoms with E-state index in [1.165, 1.54) is 5.56 Å². The average Bonchev–Trinajstić information content (AvgIpc) is 2.94. The number of benzene rings is 1. The molecule has 0 aliphatic rings. The molecule has 5 heteroatoms. The molecule has 2 rings (SSSR count). The van der Waals surface area contributed by atoms with Crippen molar-refractivity contribution in [2.75, 3.05) is 13.7 Å². The van der Waals surface area contributed by atoms with Gasteiger partial charge in [-0.3, -0.25) is 0 Å². The van der Waals surface area contributed by atoms with Crippen molar-refractivity contribution in [2.24, 2.45) is 0 Å². The molecule has 0 saturated carbocycles. The second-order valence-corrected chi connectivity index (χ2v) is 5.83. The van der Waals surface area contributed by atoms with E-state index in [0.29, 0.717) is 0 Å². The first-order valence-electron chi connectivity index (χ1n) is 6.91. The van der Waals surface area contributed by atoms with Crippen LogP contribution in [0.15, 0.2) is 24.3 Å². The number of rotatable bonds is 7. The van der Waals surface area contributed by atoms with Crippen molar-refractivity contribution >= 4 is 11.3 Å². The standard InChI is InChI=1S/C15H21N3OS/c1-4-9-16-11(2)15-18-17-14(20-15)10-12-5-7-13(19-3)8-6-12/h5-8,11,16H,4,9-10H2,1-3H3. The summed E-state index contributed by atoms with van der Waals surface area (Å²) in [5.41, 5.74) is 1.22. The van der Waals surface area contributed by atoms with Gasteiger partial charge in [0, 0.05) is 6.42 Å². The van der Waals surface area contributed by atoms with Gasteiger partial charge in [-0.05, 0) is 37.6 Å². The highest BCUT2D eigenvalue weighted by atomic mass is 32.1. The Labute approximate surface area is 124 Å². The van der Waals surface area contributed by atoms with Crippen LogP contribution in [0.2, 0.25) is 0 Å². The lowest BCUT2D eigenvalue weighted by Crippen LogP contribution is -2.18. The average molecular weight is 291 g/mol. The maximum absolute atomic E-state index is 5.16. The molecule has 1 aromatic carbocycles. The topological polar surface area (TPSA) is 47.0 Å². The fraction of sp³-hybridized carbons (Fsp3) is 0.467. The van der Waals surface area contributed by atoms with Gasteiger partial charge in [-0.1, -0.05) is 30.4 Å². The summed E-state index contributed by atoms with van der Waals surface area (Å²) in [5.74, 6) is 0.879. The largest absolute Gasteiger partial charge is 0.497 e. The second kappa shape index (κ2) is 7.36. The molecule has 0 radical (unpaired) electrons. The summed E-state index contributed by atoms with van der Waals surface area (Å²) < 4.78 is 5.16. The predicted octanol–water partition coefficient (Wildman–Crippen LogP) is 3.20. The number of hydrogen-bond acceptors (Lipinski definition) is 5. The minimum absolute atomic E-state index is 0.275. The van der Waals surface area contributed by atoms with Crippen molar-refractivity contribution in [3.05, 3.63) is 39.8 Å². The number of hydrogen-bond donors (Lipinski definition) is 1. The van der Waals surface area contributed by atoms with Crippen LogP contribution in [0.25, 0.3) is 0 Å². The van der Waals surface area contributed by atoms with Crippen LogP contribution in [0.1, 0.15) is 41.9 Å². The van der Waals surface area contributed by atoms with Gasteiger partial charge in [0.15, 0.2) is 0 Å². The maximum Gasteiger partial charge on any atom is 0.134 e. The number of ether oxygens (including phenoxy) is 1. The van der Waals surface area contributed by atoms with Gasteiger partial charge >= 0.3 is 0 Å². The van der Waals surface area contributed by atoms with E-state index < -0.39 is 0 Å². The molecule has 1 heterocycles. The summed E-state index contributed by atoms with van der Waals surface area (Å²) in [7, 11) is 1.68. The van der Waals surface area contributed by atoms with Gasteiger partial charge in [0.2, 0.25) is 0 Å². The van der Waals surface area contributed by atoms with E-state index in [9.17, 15) is 0 Å². The number of methoxy groups -OCH3 is 1. The van der Waals surface area contributed by atoms with Crippen LogP contribution in [-0.2, 0) is 6.42 Å². The van der Waals surface area contributed by atoms with Crippen molar-refractivity contribution in [1.29, 1.82) is 0 Å². The highest BCUT2D eigenvalue weighted by molar-refractivity contribution is 7.11. The Hall–Kier alpha value is -1.46. The fourth-order valence-electron chi connectivity index (χ4n) is 1.88. The third-order valence-corrected chi connectivity index (χ3v) is 4.17. The first-order chi connectivity index (χ1) is 9.72. The lowest BCUT2D eigenvalue weighted by atomic mass is 10.1. The van der Waals surface area contributed by atoms with E-state index in [1.807, 2.05) is 12.1 Å². The maximum atomic E-state index is 5.16. The Balaban J connectivity index is 1.97. The van der Waals surface area contributed by atoms with Crippen LogP contribution in [-0.4, -0.2) is 23.9 Å². The molecule has 0 aliphatic carbocycles. The van der Waals surface area contributed by atoms with Gasteiger partial charge in [-0.25, -0.2) is 0 Å². The Kier molecular flexibility index (Phi) is 5.49. The molecule has 0 bridgehead atoms. The van der Waals surface area contributed by atoms with Crippen LogP contribution >= 0.6 is 11.3 Å². The van der Waals surface area contributed by atoms with Gasteiger partial charge in [-0.15, -0.1) is 10.2 Å². The summed E-state index contributed by atoms with van der Waals surface area (Å²) >= 11 is 1.68. The van der Waals surface area contributed by atoms with E-state index in [0.717, 1.165) is 35.2 Å². The quantitative estimate of drug-likeness (QED) is 0.851. The molecule has 0 spiro atoms. The lowest BCUT2D eigenvalue weighted by molar-refractivity contribution is 0.414. The second-order valence-electron chi connectivity index (χ2n) is 4.73. The zero-order valence-corrected chi connectivity index (χ0v) is 13.0. The molecule has 1 aromatic heterocycles. The first kappa shape index (κ1) is 14.9. The molecule has 2 aromatic rings. The molecule has 0 saturated heterocycles. The van der Waals surface area contributed by atoms with E-state index in [1.54, 1.807) is 18.4 Å². The Morgan fingerprint density at radius 3 is 2.65 bits per heavy atom. The summed E-state index contributed by atoms with van der Waals surface area (Å²) in [6.07, 6.45) is 1.95. The summed E-state index contributed by atoms with van der Waals surface area (Å²) in [4.78, 5) is 0.